The number of sulfonamides is 1. The highest BCUT2D eigenvalue weighted by atomic mass is 32.2. The molecule has 0 atom stereocenters. The highest BCUT2D eigenvalue weighted by molar-refractivity contribution is 7.89. The van der Waals surface area contributed by atoms with Crippen molar-refractivity contribution in [3.63, 3.8) is 0 Å². The number of benzene rings is 2. The van der Waals surface area contributed by atoms with Crippen LogP contribution in [0.3, 0.4) is 0 Å². The molecule has 12 heteroatoms. The molecule has 0 aliphatic heterocycles. The third-order valence-corrected chi connectivity index (χ3v) is 6.89. The minimum atomic E-state index is -4.41. The van der Waals surface area contributed by atoms with E-state index in [2.05, 4.69) is 26.4 Å². The second kappa shape index (κ2) is 8.17. The van der Waals surface area contributed by atoms with E-state index >= 15 is 0 Å². The Hall–Kier alpha value is -3.43. The number of nitriles is 1. The summed E-state index contributed by atoms with van der Waals surface area (Å²) >= 11 is 0. The number of hydrogen-bond acceptors (Lipinski definition) is 6. The Morgan fingerprint density at radius 3 is 2.45 bits per heavy atom. The summed E-state index contributed by atoms with van der Waals surface area (Å²) in [6.45, 7) is 0.194. The van der Waals surface area contributed by atoms with Gasteiger partial charge in [0.05, 0.1) is 22.7 Å². The maximum Gasteiger partial charge on any atom is 0.416 e. The van der Waals surface area contributed by atoms with Crippen molar-refractivity contribution in [3.05, 3.63) is 59.8 Å². The summed E-state index contributed by atoms with van der Waals surface area (Å²) in [6.07, 6.45) is -1.52. The van der Waals surface area contributed by atoms with Crippen LogP contribution in [0.4, 0.5) is 18.9 Å². The van der Waals surface area contributed by atoms with Gasteiger partial charge in [-0.05, 0) is 55.8 Å². The van der Waals surface area contributed by atoms with Crippen molar-refractivity contribution < 1.29 is 21.6 Å². The highest BCUT2D eigenvalue weighted by Gasteiger charge is 2.46. The van der Waals surface area contributed by atoms with E-state index in [0.29, 0.717) is 35.3 Å². The molecule has 1 saturated carbocycles. The quantitative estimate of drug-likeness (QED) is 0.540. The standard InChI is InChI=1S/C21H19F3N6O2S/c1-26-33(31,32)16-6-7-18(27-11-14-2-4-15(5-3-14)21(22,23)24)17(10-16)19-12-30(29-28-19)20(13-25)8-9-20/h2-7,10,12,26-27H,8-9,11H2,1H3. The summed E-state index contributed by atoms with van der Waals surface area (Å²) in [6, 6.07) is 11.4. The maximum absolute atomic E-state index is 12.8. The van der Waals surface area contributed by atoms with Crippen molar-refractivity contribution in [2.45, 2.75) is 36.0 Å². The lowest BCUT2D eigenvalue weighted by Crippen LogP contribution is -2.18. The Bertz CT molecular complexity index is 1320. The largest absolute Gasteiger partial charge is 0.416 e. The van der Waals surface area contributed by atoms with Gasteiger partial charge in [-0.15, -0.1) is 5.10 Å². The average Bonchev–Trinajstić information content (AvgIpc) is 3.45. The second-order valence-corrected chi connectivity index (χ2v) is 9.54. The number of aromatic nitrogens is 3. The fraction of sp³-hybridized carbons (Fsp3) is 0.286. The van der Waals surface area contributed by atoms with Crippen molar-refractivity contribution in [1.82, 2.24) is 19.7 Å². The molecule has 8 nitrogen and oxygen atoms in total. The molecule has 1 aliphatic rings. The first-order valence-electron chi connectivity index (χ1n) is 9.90. The number of hydrogen-bond donors (Lipinski definition) is 2. The lowest BCUT2D eigenvalue weighted by molar-refractivity contribution is -0.137. The SMILES string of the molecule is CNS(=O)(=O)c1ccc(NCc2ccc(C(F)(F)F)cc2)c(-c2cn(C3(C#N)CC3)nn2)c1. The molecule has 3 aromatic rings. The summed E-state index contributed by atoms with van der Waals surface area (Å²) in [5.74, 6) is 0. The van der Waals surface area contributed by atoms with Crippen LogP contribution in [-0.2, 0) is 28.3 Å². The molecule has 1 aliphatic carbocycles. The third kappa shape index (κ3) is 4.55. The molecule has 0 bridgehead atoms. The molecule has 1 aromatic heterocycles. The van der Waals surface area contributed by atoms with Gasteiger partial charge >= 0.3 is 6.18 Å². The van der Waals surface area contributed by atoms with Gasteiger partial charge in [0.1, 0.15) is 5.69 Å². The first-order valence-corrected chi connectivity index (χ1v) is 11.4. The van der Waals surface area contributed by atoms with Gasteiger partial charge in [0, 0.05) is 17.8 Å². The number of nitrogens with zero attached hydrogens (tertiary/aromatic N) is 4. The van der Waals surface area contributed by atoms with E-state index in [1.165, 1.54) is 36.0 Å². The van der Waals surface area contributed by atoms with Crippen LogP contribution in [0.1, 0.15) is 24.0 Å². The van der Waals surface area contributed by atoms with Crippen molar-refractivity contribution in [2.75, 3.05) is 12.4 Å². The number of nitrogens with one attached hydrogen (secondary N) is 2. The Labute approximate surface area is 188 Å². The van der Waals surface area contributed by atoms with Crippen LogP contribution >= 0.6 is 0 Å². The number of alkyl halides is 3. The molecule has 1 fully saturated rings. The molecular weight excluding hydrogens is 457 g/mol. The Kier molecular flexibility index (Phi) is 5.63. The molecule has 0 unspecified atom stereocenters. The zero-order chi connectivity index (χ0) is 23.9. The molecule has 0 amide bonds. The lowest BCUT2D eigenvalue weighted by Gasteiger charge is -2.13. The van der Waals surface area contributed by atoms with E-state index in [-0.39, 0.29) is 11.4 Å². The predicted molar refractivity (Wildman–Crippen MR) is 113 cm³/mol. The molecule has 1 heterocycles. The third-order valence-electron chi connectivity index (χ3n) is 5.47. The summed E-state index contributed by atoms with van der Waals surface area (Å²) in [4.78, 5) is 0.0102. The monoisotopic (exact) mass is 476 g/mol. The van der Waals surface area contributed by atoms with Crippen LogP contribution in [0, 0.1) is 11.3 Å². The Balaban J connectivity index is 1.66. The molecule has 33 heavy (non-hydrogen) atoms. The van der Waals surface area contributed by atoms with E-state index < -0.39 is 27.3 Å². The van der Waals surface area contributed by atoms with Crippen LogP contribution in [0.25, 0.3) is 11.3 Å². The van der Waals surface area contributed by atoms with Crippen molar-refractivity contribution in [3.8, 4) is 17.3 Å². The van der Waals surface area contributed by atoms with Crippen molar-refractivity contribution in [2.24, 2.45) is 0 Å². The highest BCUT2D eigenvalue weighted by Crippen LogP contribution is 2.43. The van der Waals surface area contributed by atoms with E-state index in [1.807, 2.05) is 0 Å². The van der Waals surface area contributed by atoms with Crippen LogP contribution in [0.15, 0.2) is 53.6 Å². The van der Waals surface area contributed by atoms with Crippen molar-refractivity contribution >= 4 is 15.7 Å². The van der Waals surface area contributed by atoms with Gasteiger partial charge in [-0.3, -0.25) is 0 Å². The molecule has 2 N–H and O–H groups in total. The maximum atomic E-state index is 12.8. The van der Waals surface area contributed by atoms with Gasteiger partial charge < -0.3 is 5.32 Å². The topological polar surface area (TPSA) is 113 Å². The second-order valence-electron chi connectivity index (χ2n) is 7.65. The first-order chi connectivity index (χ1) is 15.6. The summed E-state index contributed by atoms with van der Waals surface area (Å²) < 4.78 is 66.7. The van der Waals surface area contributed by atoms with Crippen LogP contribution in [-0.4, -0.2) is 30.5 Å². The molecule has 172 valence electrons. The Morgan fingerprint density at radius 2 is 1.88 bits per heavy atom. The number of anilines is 1. The van der Waals surface area contributed by atoms with Gasteiger partial charge in [-0.25, -0.2) is 17.8 Å². The Morgan fingerprint density at radius 1 is 1.18 bits per heavy atom. The molecule has 0 radical (unpaired) electrons. The van der Waals surface area contributed by atoms with E-state index in [4.69, 9.17) is 0 Å². The predicted octanol–water partition coefficient (Wildman–Crippen LogP) is 3.50. The van der Waals surface area contributed by atoms with E-state index in [1.54, 1.807) is 12.3 Å². The van der Waals surface area contributed by atoms with E-state index in [0.717, 1.165) is 12.1 Å². The smallest absolute Gasteiger partial charge is 0.380 e. The molecule has 4 rings (SSSR count). The average molecular weight is 476 g/mol. The molecule has 2 aromatic carbocycles. The van der Waals surface area contributed by atoms with Crippen molar-refractivity contribution in [1.29, 1.82) is 5.26 Å². The van der Waals surface area contributed by atoms with Gasteiger partial charge in [0.25, 0.3) is 0 Å². The van der Waals surface area contributed by atoms with Gasteiger partial charge in [-0.2, -0.15) is 18.4 Å². The van der Waals surface area contributed by atoms with Crippen LogP contribution in [0.5, 0.6) is 0 Å². The summed E-state index contributed by atoms with van der Waals surface area (Å²) in [7, 11) is -2.44. The lowest BCUT2D eigenvalue weighted by atomic mass is 10.1. The summed E-state index contributed by atoms with van der Waals surface area (Å²) in [5.41, 5.74) is 0.438. The number of halogens is 3. The normalized spacial score (nSPS) is 15.1. The number of rotatable bonds is 7. The van der Waals surface area contributed by atoms with Gasteiger partial charge in [0.2, 0.25) is 10.0 Å². The van der Waals surface area contributed by atoms with Gasteiger partial charge in [0.15, 0.2) is 5.54 Å². The van der Waals surface area contributed by atoms with Crippen LogP contribution in [0.2, 0.25) is 0 Å². The van der Waals surface area contributed by atoms with E-state index in [9.17, 15) is 26.9 Å². The zero-order valence-electron chi connectivity index (χ0n) is 17.4. The fourth-order valence-corrected chi connectivity index (χ4v) is 4.05. The fourth-order valence-electron chi connectivity index (χ4n) is 3.29. The molecule has 0 saturated heterocycles. The molecular formula is C21H19F3N6O2S. The molecule has 0 spiro atoms. The first kappa shape index (κ1) is 22.8. The zero-order valence-corrected chi connectivity index (χ0v) is 18.2. The minimum Gasteiger partial charge on any atom is -0.380 e. The summed E-state index contributed by atoms with van der Waals surface area (Å²) in [5, 5.41) is 20.7. The van der Waals surface area contributed by atoms with Gasteiger partial charge in [-0.1, -0.05) is 17.3 Å². The minimum absolute atomic E-state index is 0.0102. The van der Waals surface area contributed by atoms with Crippen LogP contribution < -0.4 is 10.0 Å².